The number of hydrogen-bond donors (Lipinski definition) is 1. The molecule has 8 atom stereocenters. The van der Waals surface area contributed by atoms with Gasteiger partial charge in [0, 0.05) is 11.3 Å². The van der Waals surface area contributed by atoms with E-state index in [0.717, 1.165) is 56.9 Å². The molecule has 0 aromatic carbocycles. The van der Waals surface area contributed by atoms with Crippen molar-refractivity contribution in [3.63, 3.8) is 0 Å². The maximum absolute atomic E-state index is 14.4. The summed E-state index contributed by atoms with van der Waals surface area (Å²) in [6, 6.07) is 0. The first-order valence-electron chi connectivity index (χ1n) is 14.2. The van der Waals surface area contributed by atoms with Crippen LogP contribution >= 0.6 is 0 Å². The molecule has 5 aliphatic rings. The van der Waals surface area contributed by atoms with Crippen molar-refractivity contribution in [1.82, 2.24) is 0 Å². The number of methoxy groups -OCH3 is 1. The van der Waals surface area contributed by atoms with Crippen molar-refractivity contribution < 1.29 is 19.4 Å². The number of aliphatic hydroxyl groups excluding tert-OH is 1. The standard InChI is InChI=1S/C32H48O4/c1-19-22(34)18-28(4,5)23-10-11-29(6)24(31(19,23)8)16-21(33)25-20-17-27(2,3)12-14-32(20,26(35)36-9)15-13-30(25,29)7/h16,20,22-23,25,34H,1,10-15,17-18H2,2-9H3/t20-,22-,23-,25-,29+,30+,31-,32-/m0/s1. The molecular weight excluding hydrogens is 448 g/mol. The molecule has 4 heteroatoms. The Morgan fingerprint density at radius 1 is 1.00 bits per heavy atom. The van der Waals surface area contributed by atoms with Crippen LogP contribution in [0, 0.1) is 50.2 Å². The quantitative estimate of drug-likeness (QED) is 0.325. The smallest absolute Gasteiger partial charge is 0.312 e. The molecule has 5 aliphatic carbocycles. The van der Waals surface area contributed by atoms with Crippen molar-refractivity contribution >= 4 is 11.8 Å². The number of ether oxygens (including phenoxy) is 1. The molecule has 5 rings (SSSR count). The van der Waals surface area contributed by atoms with Gasteiger partial charge in [-0.3, -0.25) is 9.59 Å². The summed E-state index contributed by atoms with van der Waals surface area (Å²) in [4.78, 5) is 27.8. The minimum absolute atomic E-state index is 0.00306. The third-order valence-corrected chi connectivity index (χ3v) is 12.9. The maximum Gasteiger partial charge on any atom is 0.312 e. The van der Waals surface area contributed by atoms with Gasteiger partial charge >= 0.3 is 5.97 Å². The highest BCUT2D eigenvalue weighted by atomic mass is 16.5. The third kappa shape index (κ3) is 3.03. The first-order chi connectivity index (χ1) is 16.5. The number of esters is 1. The Balaban J connectivity index is 1.69. The fourth-order valence-corrected chi connectivity index (χ4v) is 10.6. The normalized spacial score (nSPS) is 49.1. The van der Waals surface area contributed by atoms with Gasteiger partial charge in [0.05, 0.1) is 18.6 Å². The molecule has 0 aliphatic heterocycles. The Hall–Kier alpha value is -1.42. The van der Waals surface area contributed by atoms with E-state index in [2.05, 4.69) is 55.0 Å². The van der Waals surface area contributed by atoms with E-state index in [1.165, 1.54) is 12.7 Å². The molecule has 0 saturated heterocycles. The van der Waals surface area contributed by atoms with Gasteiger partial charge in [0.2, 0.25) is 0 Å². The molecule has 0 heterocycles. The van der Waals surface area contributed by atoms with Crippen LogP contribution in [-0.2, 0) is 14.3 Å². The van der Waals surface area contributed by atoms with E-state index >= 15 is 0 Å². The van der Waals surface area contributed by atoms with Crippen LogP contribution in [-0.4, -0.2) is 30.1 Å². The highest BCUT2D eigenvalue weighted by molar-refractivity contribution is 5.96. The molecule has 4 nitrogen and oxygen atoms in total. The number of carbonyl (C=O) groups excluding carboxylic acids is 2. The third-order valence-electron chi connectivity index (χ3n) is 12.9. The van der Waals surface area contributed by atoms with Crippen molar-refractivity contribution in [2.75, 3.05) is 7.11 Å². The van der Waals surface area contributed by atoms with Crippen LogP contribution < -0.4 is 0 Å². The largest absolute Gasteiger partial charge is 0.469 e. The van der Waals surface area contributed by atoms with Gasteiger partial charge in [-0.05, 0) is 102 Å². The van der Waals surface area contributed by atoms with Crippen molar-refractivity contribution in [1.29, 1.82) is 0 Å². The average Bonchev–Trinajstić information content (AvgIpc) is 2.78. The summed E-state index contributed by atoms with van der Waals surface area (Å²) in [6.45, 7) is 20.6. The van der Waals surface area contributed by atoms with Gasteiger partial charge < -0.3 is 9.84 Å². The summed E-state index contributed by atoms with van der Waals surface area (Å²) in [6.07, 6.45) is 8.57. The van der Waals surface area contributed by atoms with Crippen molar-refractivity contribution in [2.45, 2.75) is 106 Å². The summed E-state index contributed by atoms with van der Waals surface area (Å²) in [5, 5.41) is 11.1. The Labute approximate surface area is 218 Å². The molecule has 4 saturated carbocycles. The van der Waals surface area contributed by atoms with Gasteiger partial charge in [-0.25, -0.2) is 0 Å². The molecule has 0 bridgehead atoms. The van der Waals surface area contributed by atoms with Crippen LogP contribution in [0.5, 0.6) is 0 Å². The second-order valence-corrected chi connectivity index (χ2v) is 15.3. The molecule has 1 N–H and O–H groups in total. The molecule has 0 aromatic rings. The summed E-state index contributed by atoms with van der Waals surface area (Å²) >= 11 is 0. The Bertz CT molecular complexity index is 1050. The van der Waals surface area contributed by atoms with Crippen LogP contribution in [0.1, 0.15) is 99.8 Å². The second kappa shape index (κ2) is 7.58. The maximum atomic E-state index is 14.4. The molecule has 0 aromatic heterocycles. The highest BCUT2D eigenvalue weighted by Gasteiger charge is 2.71. The van der Waals surface area contributed by atoms with E-state index in [9.17, 15) is 14.7 Å². The van der Waals surface area contributed by atoms with E-state index in [1.54, 1.807) is 0 Å². The lowest BCUT2D eigenvalue weighted by Crippen LogP contribution is -2.66. The number of hydrogen-bond acceptors (Lipinski definition) is 4. The Kier molecular flexibility index (Phi) is 5.52. The van der Waals surface area contributed by atoms with Crippen molar-refractivity contribution in [3.8, 4) is 0 Å². The van der Waals surface area contributed by atoms with Crippen molar-refractivity contribution in [3.05, 3.63) is 23.8 Å². The average molecular weight is 497 g/mol. The monoisotopic (exact) mass is 496 g/mol. The number of fused-ring (bicyclic) bond motifs is 7. The zero-order chi connectivity index (χ0) is 26.7. The number of carbonyl (C=O) groups is 2. The molecule has 0 unspecified atom stereocenters. The SMILES string of the molecule is C=C1[C@@H](O)CC(C)(C)[C@@H]2CC[C@]3(C)C(=CC(=O)[C@@H]4[C@@H]5CC(C)(C)CC[C@]5(C(=O)OC)CC[C@]43C)[C@@]12C. The summed E-state index contributed by atoms with van der Waals surface area (Å²) < 4.78 is 5.43. The summed E-state index contributed by atoms with van der Waals surface area (Å²) in [5.74, 6) is 0.233. The first-order valence-corrected chi connectivity index (χ1v) is 14.2. The number of rotatable bonds is 1. The van der Waals surface area contributed by atoms with Gasteiger partial charge in [0.1, 0.15) is 0 Å². The Morgan fingerprint density at radius 2 is 1.64 bits per heavy atom. The topological polar surface area (TPSA) is 63.6 Å². The van der Waals surface area contributed by atoms with Gasteiger partial charge in [-0.2, -0.15) is 0 Å². The number of ketones is 1. The predicted molar refractivity (Wildman–Crippen MR) is 142 cm³/mol. The van der Waals surface area contributed by atoms with E-state index in [0.29, 0.717) is 5.92 Å². The van der Waals surface area contributed by atoms with E-state index in [4.69, 9.17) is 4.74 Å². The molecular formula is C32H48O4. The van der Waals surface area contributed by atoms with Gasteiger partial charge in [-0.15, -0.1) is 0 Å². The zero-order valence-electron chi connectivity index (χ0n) is 23.9. The fourth-order valence-electron chi connectivity index (χ4n) is 10.6. The molecule has 0 radical (unpaired) electrons. The second-order valence-electron chi connectivity index (χ2n) is 15.3. The molecule has 0 spiro atoms. The van der Waals surface area contributed by atoms with Crippen LogP contribution in [0.4, 0.5) is 0 Å². The lowest BCUT2D eigenvalue weighted by atomic mass is 9.33. The predicted octanol–water partition coefficient (Wildman–Crippen LogP) is 6.67. The minimum atomic E-state index is -0.556. The summed E-state index contributed by atoms with van der Waals surface area (Å²) in [7, 11) is 1.51. The van der Waals surface area contributed by atoms with Crippen molar-refractivity contribution in [2.24, 2.45) is 50.2 Å². The van der Waals surface area contributed by atoms with Crippen LogP contribution in [0.3, 0.4) is 0 Å². The molecule has 0 amide bonds. The van der Waals surface area contributed by atoms with Crippen LogP contribution in [0.15, 0.2) is 23.8 Å². The van der Waals surface area contributed by atoms with Crippen LogP contribution in [0.25, 0.3) is 0 Å². The van der Waals surface area contributed by atoms with E-state index in [1.807, 2.05) is 6.08 Å². The number of allylic oxidation sites excluding steroid dienone is 2. The fraction of sp³-hybridized carbons (Fsp3) is 0.812. The van der Waals surface area contributed by atoms with Gasteiger partial charge in [0.25, 0.3) is 0 Å². The van der Waals surface area contributed by atoms with Gasteiger partial charge in [-0.1, -0.05) is 55.0 Å². The van der Waals surface area contributed by atoms with E-state index < -0.39 is 16.9 Å². The Morgan fingerprint density at radius 3 is 2.28 bits per heavy atom. The molecule has 4 fully saturated rings. The van der Waals surface area contributed by atoms with Gasteiger partial charge in [0.15, 0.2) is 5.78 Å². The lowest BCUT2D eigenvalue weighted by molar-refractivity contribution is -0.192. The summed E-state index contributed by atoms with van der Waals surface area (Å²) in [5.41, 5.74) is 0.769. The first kappa shape index (κ1) is 26.2. The molecule has 200 valence electrons. The lowest BCUT2D eigenvalue weighted by Gasteiger charge is -2.70. The van der Waals surface area contributed by atoms with Crippen LogP contribution in [0.2, 0.25) is 0 Å². The number of aliphatic hydroxyl groups is 1. The zero-order valence-corrected chi connectivity index (χ0v) is 23.9. The van der Waals surface area contributed by atoms with E-state index in [-0.39, 0.29) is 45.2 Å². The highest BCUT2D eigenvalue weighted by Crippen LogP contribution is 2.75. The minimum Gasteiger partial charge on any atom is -0.469 e. The molecule has 36 heavy (non-hydrogen) atoms.